The minimum Gasteiger partial charge on any atom is -0.479 e. The summed E-state index contributed by atoms with van der Waals surface area (Å²) < 4.78 is 10.5. The fraction of sp³-hybridized carbons (Fsp3) is 0.500. The number of rotatable bonds is 4. The van der Waals surface area contributed by atoms with Gasteiger partial charge in [0.2, 0.25) is 0 Å². The molecule has 0 fully saturated rings. The van der Waals surface area contributed by atoms with Crippen molar-refractivity contribution >= 4 is 23.7 Å². The van der Waals surface area contributed by atoms with Gasteiger partial charge in [0.15, 0.2) is 11.0 Å². The van der Waals surface area contributed by atoms with Gasteiger partial charge in [0.1, 0.15) is 0 Å². The van der Waals surface area contributed by atoms with E-state index in [0.29, 0.717) is 12.5 Å². The Bertz CT molecular complexity index is 305. The highest BCUT2D eigenvalue weighted by Gasteiger charge is 2.30. The minimum atomic E-state index is -1.08. The van der Waals surface area contributed by atoms with Crippen LogP contribution in [-0.4, -0.2) is 31.0 Å². The highest BCUT2D eigenvalue weighted by atomic mass is 32.1. The fourth-order valence-electron chi connectivity index (χ4n) is 1.09. The van der Waals surface area contributed by atoms with Gasteiger partial charge < -0.3 is 25.8 Å². The van der Waals surface area contributed by atoms with Crippen LogP contribution < -0.4 is 16.4 Å². The molecule has 1 rings (SSSR count). The number of nitrogens with two attached hydrogens (primary N) is 1. The molecular weight excluding hydrogens is 216 g/mol. The van der Waals surface area contributed by atoms with Gasteiger partial charge in [0.25, 0.3) is 5.85 Å². The molecule has 0 aliphatic carbocycles. The zero-order chi connectivity index (χ0) is 11.3. The van der Waals surface area contributed by atoms with Crippen LogP contribution in [0.1, 0.15) is 6.92 Å². The Morgan fingerprint density at radius 2 is 2.53 bits per heavy atom. The number of hydrogen-bond donors (Lipinski definition) is 3. The monoisotopic (exact) mass is 230 g/mol. The van der Waals surface area contributed by atoms with Crippen LogP contribution in [0.2, 0.25) is 0 Å². The summed E-state index contributed by atoms with van der Waals surface area (Å²) in [7, 11) is 1.49. The molecule has 15 heavy (non-hydrogen) atoms. The Kier molecular flexibility index (Phi) is 3.87. The molecule has 1 heterocycles. The first kappa shape index (κ1) is 11.7. The lowest BCUT2D eigenvalue weighted by atomic mass is 10.3. The first-order valence-electron chi connectivity index (χ1n) is 4.40. The molecule has 0 saturated heterocycles. The van der Waals surface area contributed by atoms with Gasteiger partial charge in [-0.3, -0.25) is 0 Å². The molecule has 1 aliphatic rings. The Morgan fingerprint density at radius 1 is 1.80 bits per heavy atom. The van der Waals surface area contributed by atoms with Crippen LogP contribution in [-0.2, 0) is 9.47 Å². The lowest BCUT2D eigenvalue weighted by Gasteiger charge is -2.29. The maximum Gasteiger partial charge on any atom is 0.265 e. The van der Waals surface area contributed by atoms with Gasteiger partial charge in [-0.1, -0.05) is 0 Å². The number of aliphatic imine (C=N–C) groups is 1. The summed E-state index contributed by atoms with van der Waals surface area (Å²) in [6.07, 6.45) is 3.08. The Balaban J connectivity index is 2.83. The van der Waals surface area contributed by atoms with E-state index in [9.17, 15) is 0 Å². The summed E-state index contributed by atoms with van der Waals surface area (Å²) >= 11 is 4.74. The second kappa shape index (κ2) is 4.94. The second-order valence-electron chi connectivity index (χ2n) is 2.73. The summed E-state index contributed by atoms with van der Waals surface area (Å²) in [6, 6.07) is 0. The van der Waals surface area contributed by atoms with Gasteiger partial charge in [0, 0.05) is 7.11 Å². The third-order valence-corrected chi connectivity index (χ3v) is 1.81. The predicted molar refractivity (Wildman–Crippen MR) is 61.0 cm³/mol. The van der Waals surface area contributed by atoms with E-state index < -0.39 is 5.85 Å². The molecule has 0 radical (unpaired) electrons. The number of hydrogen-bond acceptors (Lipinski definition) is 5. The molecule has 84 valence electrons. The van der Waals surface area contributed by atoms with Crippen LogP contribution in [0.15, 0.2) is 17.0 Å². The van der Waals surface area contributed by atoms with Crippen LogP contribution in [0.5, 0.6) is 0 Å². The van der Waals surface area contributed by atoms with E-state index >= 15 is 0 Å². The SMILES string of the molecule is CCOC1=CC(NC(N)=S)(OC)N=CN1. The summed E-state index contributed by atoms with van der Waals surface area (Å²) in [5.41, 5.74) is 5.38. The minimum absolute atomic E-state index is 0.1000. The van der Waals surface area contributed by atoms with Crippen LogP contribution in [0.25, 0.3) is 0 Å². The molecule has 1 atom stereocenters. The average molecular weight is 230 g/mol. The zero-order valence-corrected chi connectivity index (χ0v) is 9.43. The molecule has 0 spiro atoms. The first-order chi connectivity index (χ1) is 7.12. The lowest BCUT2D eigenvalue weighted by molar-refractivity contribution is 0.0206. The van der Waals surface area contributed by atoms with E-state index in [1.54, 1.807) is 6.08 Å². The molecular formula is C8H14N4O2S. The van der Waals surface area contributed by atoms with Gasteiger partial charge in [0.05, 0.1) is 19.0 Å². The zero-order valence-electron chi connectivity index (χ0n) is 8.61. The largest absolute Gasteiger partial charge is 0.479 e. The lowest BCUT2D eigenvalue weighted by Crippen LogP contribution is -2.51. The Morgan fingerprint density at radius 3 is 3.07 bits per heavy atom. The molecule has 1 unspecified atom stereocenters. The van der Waals surface area contributed by atoms with Crippen molar-refractivity contribution in [3.63, 3.8) is 0 Å². The maximum absolute atomic E-state index is 5.38. The number of methoxy groups -OCH3 is 1. The topological polar surface area (TPSA) is 80.9 Å². The van der Waals surface area contributed by atoms with Gasteiger partial charge in [-0.25, -0.2) is 4.99 Å². The molecule has 1 aliphatic heterocycles. The molecule has 0 aromatic heterocycles. The number of nitrogens with zero attached hydrogens (tertiary/aromatic N) is 1. The highest BCUT2D eigenvalue weighted by Crippen LogP contribution is 2.15. The van der Waals surface area contributed by atoms with Crippen LogP contribution >= 0.6 is 12.2 Å². The van der Waals surface area contributed by atoms with E-state index in [4.69, 9.17) is 27.4 Å². The van der Waals surface area contributed by atoms with Crippen molar-refractivity contribution in [3.8, 4) is 0 Å². The predicted octanol–water partition coefficient (Wildman–Crippen LogP) is -0.371. The molecule has 0 aromatic carbocycles. The van der Waals surface area contributed by atoms with Crippen molar-refractivity contribution in [2.45, 2.75) is 12.8 Å². The number of thiocarbonyl (C=S) groups is 1. The first-order valence-corrected chi connectivity index (χ1v) is 4.81. The van der Waals surface area contributed by atoms with Gasteiger partial charge in [-0.15, -0.1) is 0 Å². The van der Waals surface area contributed by atoms with Gasteiger partial charge in [-0.2, -0.15) is 0 Å². The van der Waals surface area contributed by atoms with Crippen molar-refractivity contribution in [2.75, 3.05) is 13.7 Å². The molecule has 0 aromatic rings. The molecule has 6 nitrogen and oxygen atoms in total. The molecule has 0 bridgehead atoms. The summed E-state index contributed by atoms with van der Waals surface area (Å²) in [4.78, 5) is 4.06. The van der Waals surface area contributed by atoms with Crippen molar-refractivity contribution in [1.29, 1.82) is 0 Å². The van der Waals surface area contributed by atoms with Crippen molar-refractivity contribution < 1.29 is 9.47 Å². The van der Waals surface area contributed by atoms with E-state index in [1.165, 1.54) is 13.4 Å². The van der Waals surface area contributed by atoms with Gasteiger partial charge in [-0.05, 0) is 19.1 Å². The summed E-state index contributed by atoms with van der Waals surface area (Å²) in [5.74, 6) is -0.542. The van der Waals surface area contributed by atoms with Crippen LogP contribution in [0, 0.1) is 0 Å². The van der Waals surface area contributed by atoms with Crippen LogP contribution in [0.3, 0.4) is 0 Å². The van der Waals surface area contributed by atoms with Crippen molar-refractivity contribution in [2.24, 2.45) is 10.7 Å². The van der Waals surface area contributed by atoms with E-state index in [2.05, 4.69) is 15.6 Å². The molecule has 0 amide bonds. The third kappa shape index (κ3) is 3.07. The number of nitrogens with one attached hydrogen (secondary N) is 2. The van der Waals surface area contributed by atoms with E-state index in [-0.39, 0.29) is 5.11 Å². The Hall–Kier alpha value is -1.34. The highest BCUT2D eigenvalue weighted by molar-refractivity contribution is 7.80. The van der Waals surface area contributed by atoms with Crippen molar-refractivity contribution in [1.82, 2.24) is 10.6 Å². The van der Waals surface area contributed by atoms with Crippen LogP contribution in [0.4, 0.5) is 0 Å². The van der Waals surface area contributed by atoms with Gasteiger partial charge >= 0.3 is 0 Å². The quantitative estimate of drug-likeness (QED) is 0.451. The average Bonchev–Trinajstić information content (AvgIpc) is 2.18. The standard InChI is InChI=1S/C8H14N4O2S/c1-3-14-6-4-8(13-2,11-5-10-6)12-7(9)15/h4-5H,3H2,1-2H3,(H,10,11)(H3,9,12,15). The van der Waals surface area contributed by atoms with E-state index in [1.807, 2.05) is 6.92 Å². The third-order valence-electron chi connectivity index (χ3n) is 1.70. The summed E-state index contributed by atoms with van der Waals surface area (Å²) in [6.45, 7) is 2.42. The summed E-state index contributed by atoms with van der Waals surface area (Å²) in [5, 5.41) is 5.65. The second-order valence-corrected chi connectivity index (χ2v) is 3.17. The van der Waals surface area contributed by atoms with Crippen molar-refractivity contribution in [3.05, 3.63) is 12.0 Å². The smallest absolute Gasteiger partial charge is 0.265 e. The molecule has 0 saturated carbocycles. The number of ether oxygens (including phenoxy) is 2. The fourth-order valence-corrected chi connectivity index (χ4v) is 1.24. The molecule has 7 heteroatoms. The maximum atomic E-state index is 5.38. The van der Waals surface area contributed by atoms with E-state index in [0.717, 1.165) is 0 Å². The molecule has 4 N–H and O–H groups in total. The Labute approximate surface area is 93.5 Å². The normalized spacial score (nSPS) is 24.0.